The minimum atomic E-state index is 0.205. The Morgan fingerprint density at radius 3 is 2.51 bits per heavy atom. The highest BCUT2D eigenvalue weighted by Crippen LogP contribution is 2.42. The summed E-state index contributed by atoms with van der Waals surface area (Å²) in [6.07, 6.45) is 2.74. The Kier molecular flexibility index (Phi) is 6.01. The third-order valence-electron chi connectivity index (χ3n) is 7.13. The average molecular weight is 476 g/mol. The summed E-state index contributed by atoms with van der Waals surface area (Å²) in [6.45, 7) is 10.4. The molecule has 0 bridgehead atoms. The molecule has 0 saturated carbocycles. The SMILES string of the molecule is COc1ccc(CN(C)c2cc(N3CC4(COC4)C3)cnc2-c2nc(C(C)C)c(C)n2C=O)cc1. The third kappa shape index (κ3) is 4.16. The molecule has 5 rings (SSSR count). The Hall–Kier alpha value is -3.39. The molecular weight excluding hydrogens is 442 g/mol. The molecule has 0 amide bonds. The van der Waals surface area contributed by atoms with Crippen molar-refractivity contribution in [2.75, 3.05) is 50.3 Å². The molecule has 3 aromatic rings. The van der Waals surface area contributed by atoms with E-state index in [2.05, 4.69) is 48.9 Å². The summed E-state index contributed by atoms with van der Waals surface area (Å²) >= 11 is 0. The van der Waals surface area contributed by atoms with Crippen LogP contribution in [0.15, 0.2) is 36.5 Å². The molecule has 4 heterocycles. The van der Waals surface area contributed by atoms with Crippen molar-refractivity contribution in [2.24, 2.45) is 5.41 Å². The number of hydrogen-bond acceptors (Lipinski definition) is 7. The molecule has 1 aromatic carbocycles. The number of methoxy groups -OCH3 is 1. The zero-order valence-corrected chi connectivity index (χ0v) is 21.1. The molecule has 2 aliphatic rings. The second-order valence-electron chi connectivity index (χ2n) is 10.2. The topological polar surface area (TPSA) is 72.7 Å². The van der Waals surface area contributed by atoms with Crippen LogP contribution in [-0.4, -0.2) is 61.4 Å². The van der Waals surface area contributed by atoms with Crippen LogP contribution in [0.4, 0.5) is 11.4 Å². The highest BCUT2D eigenvalue weighted by atomic mass is 16.5. The minimum Gasteiger partial charge on any atom is -0.497 e. The molecule has 0 aliphatic carbocycles. The molecule has 8 nitrogen and oxygen atoms in total. The average Bonchev–Trinajstić information content (AvgIpc) is 3.14. The number of hydrogen-bond donors (Lipinski definition) is 0. The van der Waals surface area contributed by atoms with Gasteiger partial charge in [0.15, 0.2) is 5.82 Å². The quantitative estimate of drug-likeness (QED) is 0.458. The molecule has 2 fully saturated rings. The summed E-state index contributed by atoms with van der Waals surface area (Å²) in [7, 11) is 3.72. The van der Waals surface area contributed by atoms with Crippen molar-refractivity contribution < 1.29 is 14.3 Å². The molecule has 2 aliphatic heterocycles. The van der Waals surface area contributed by atoms with E-state index >= 15 is 0 Å². The van der Waals surface area contributed by atoms with E-state index in [-0.39, 0.29) is 5.92 Å². The van der Waals surface area contributed by atoms with Crippen molar-refractivity contribution in [1.82, 2.24) is 14.5 Å². The lowest BCUT2D eigenvalue weighted by atomic mass is 9.78. The van der Waals surface area contributed by atoms with E-state index in [1.807, 2.05) is 25.3 Å². The number of pyridine rings is 1. The zero-order chi connectivity index (χ0) is 24.7. The molecule has 1 spiro atoms. The number of carbonyl (C=O) groups is 1. The van der Waals surface area contributed by atoms with Gasteiger partial charge in [0.05, 0.1) is 49.0 Å². The number of anilines is 2. The first-order valence-corrected chi connectivity index (χ1v) is 12.1. The van der Waals surface area contributed by atoms with Gasteiger partial charge in [-0.3, -0.25) is 9.36 Å². The predicted octanol–water partition coefficient (Wildman–Crippen LogP) is 3.90. The number of rotatable bonds is 8. The number of nitrogens with zero attached hydrogens (tertiary/aromatic N) is 5. The van der Waals surface area contributed by atoms with Crippen LogP contribution in [0.25, 0.3) is 11.5 Å². The van der Waals surface area contributed by atoms with Gasteiger partial charge in [0.25, 0.3) is 0 Å². The first-order valence-electron chi connectivity index (χ1n) is 12.1. The smallest absolute Gasteiger partial charge is 0.219 e. The van der Waals surface area contributed by atoms with Gasteiger partial charge >= 0.3 is 0 Å². The van der Waals surface area contributed by atoms with Gasteiger partial charge < -0.3 is 19.3 Å². The number of carbonyl (C=O) groups excluding carboxylic acids is 1. The van der Waals surface area contributed by atoms with Gasteiger partial charge in [-0.1, -0.05) is 26.0 Å². The van der Waals surface area contributed by atoms with E-state index in [9.17, 15) is 4.79 Å². The summed E-state index contributed by atoms with van der Waals surface area (Å²) in [4.78, 5) is 26.4. The lowest BCUT2D eigenvalue weighted by molar-refractivity contribution is -0.127. The predicted molar refractivity (Wildman–Crippen MR) is 137 cm³/mol. The summed E-state index contributed by atoms with van der Waals surface area (Å²) in [5, 5.41) is 0. The van der Waals surface area contributed by atoms with Crippen molar-refractivity contribution >= 4 is 17.8 Å². The van der Waals surface area contributed by atoms with Crippen LogP contribution in [0.1, 0.15) is 36.7 Å². The van der Waals surface area contributed by atoms with Gasteiger partial charge in [0, 0.05) is 32.4 Å². The number of aromatic nitrogens is 3. The molecule has 35 heavy (non-hydrogen) atoms. The fourth-order valence-electron chi connectivity index (χ4n) is 5.06. The number of imidazole rings is 1. The monoisotopic (exact) mass is 475 g/mol. The molecule has 2 aromatic heterocycles. The molecule has 8 heteroatoms. The standard InChI is InChI=1S/C27H33N5O3/c1-18(2)24-19(3)32(17-33)26(29-24)25-23(30(4)12-20-6-8-22(34-5)9-7-20)10-21(11-28-25)31-13-27(14-31)15-35-16-27/h6-11,17-18H,12-16H2,1-5H3. The summed E-state index contributed by atoms with van der Waals surface area (Å²) in [5.41, 5.74) is 5.95. The highest BCUT2D eigenvalue weighted by Gasteiger charge is 2.49. The summed E-state index contributed by atoms with van der Waals surface area (Å²) in [6, 6.07) is 10.2. The van der Waals surface area contributed by atoms with Gasteiger partial charge in [0.1, 0.15) is 11.4 Å². The van der Waals surface area contributed by atoms with Crippen LogP contribution in [0, 0.1) is 12.3 Å². The summed E-state index contributed by atoms with van der Waals surface area (Å²) in [5.74, 6) is 1.62. The zero-order valence-electron chi connectivity index (χ0n) is 21.1. The molecule has 184 valence electrons. The Balaban J connectivity index is 1.53. The second kappa shape index (κ2) is 9.00. The van der Waals surface area contributed by atoms with Crippen LogP contribution in [0.2, 0.25) is 0 Å². The maximum atomic E-state index is 12.1. The van der Waals surface area contributed by atoms with E-state index in [1.54, 1.807) is 11.7 Å². The van der Waals surface area contributed by atoms with Gasteiger partial charge in [-0.25, -0.2) is 9.97 Å². The van der Waals surface area contributed by atoms with E-state index in [0.717, 1.165) is 66.8 Å². The van der Waals surface area contributed by atoms with Crippen LogP contribution in [0.5, 0.6) is 5.75 Å². The Labute approximate surface area is 206 Å². The third-order valence-corrected chi connectivity index (χ3v) is 7.13. The number of ether oxygens (including phenoxy) is 2. The van der Waals surface area contributed by atoms with Crippen molar-refractivity contribution in [2.45, 2.75) is 33.2 Å². The van der Waals surface area contributed by atoms with Crippen LogP contribution in [0.3, 0.4) is 0 Å². The van der Waals surface area contributed by atoms with Crippen molar-refractivity contribution in [3.05, 3.63) is 53.5 Å². The van der Waals surface area contributed by atoms with Crippen molar-refractivity contribution in [1.29, 1.82) is 0 Å². The normalized spacial score (nSPS) is 16.2. The second-order valence-corrected chi connectivity index (χ2v) is 10.2. The van der Waals surface area contributed by atoms with Crippen molar-refractivity contribution in [3.8, 4) is 17.3 Å². The lowest BCUT2D eigenvalue weighted by Gasteiger charge is -2.56. The van der Waals surface area contributed by atoms with Crippen molar-refractivity contribution in [3.63, 3.8) is 0 Å². The minimum absolute atomic E-state index is 0.205. The van der Waals surface area contributed by atoms with E-state index in [1.165, 1.54) is 0 Å². The molecule has 0 unspecified atom stereocenters. The van der Waals surface area contributed by atoms with Crippen LogP contribution in [-0.2, 0) is 16.1 Å². The number of benzene rings is 1. The highest BCUT2D eigenvalue weighted by molar-refractivity contribution is 5.78. The van der Waals surface area contributed by atoms with Gasteiger partial charge in [-0.2, -0.15) is 0 Å². The van der Waals surface area contributed by atoms with Gasteiger partial charge in [-0.15, -0.1) is 0 Å². The first-order chi connectivity index (χ1) is 16.8. The first kappa shape index (κ1) is 23.4. The molecule has 0 radical (unpaired) electrons. The van der Waals surface area contributed by atoms with E-state index in [0.29, 0.717) is 23.5 Å². The summed E-state index contributed by atoms with van der Waals surface area (Å²) < 4.78 is 12.4. The Morgan fingerprint density at radius 1 is 1.23 bits per heavy atom. The van der Waals surface area contributed by atoms with E-state index < -0.39 is 0 Å². The largest absolute Gasteiger partial charge is 0.497 e. The van der Waals surface area contributed by atoms with Crippen LogP contribution >= 0.6 is 0 Å². The lowest BCUT2D eigenvalue weighted by Crippen LogP contribution is -2.66. The fourth-order valence-corrected chi connectivity index (χ4v) is 5.06. The molecular formula is C27H33N5O3. The van der Waals surface area contributed by atoms with E-state index in [4.69, 9.17) is 19.4 Å². The van der Waals surface area contributed by atoms with Gasteiger partial charge in [0.2, 0.25) is 6.41 Å². The maximum absolute atomic E-state index is 12.1. The maximum Gasteiger partial charge on any atom is 0.219 e. The Morgan fingerprint density at radius 2 is 1.94 bits per heavy atom. The molecule has 2 saturated heterocycles. The van der Waals surface area contributed by atoms with Crippen LogP contribution < -0.4 is 14.5 Å². The molecule has 0 N–H and O–H groups in total. The fraction of sp³-hybridized carbons (Fsp3) is 0.444. The van der Waals surface area contributed by atoms with Gasteiger partial charge in [-0.05, 0) is 36.6 Å². The Bertz CT molecular complexity index is 1220. The molecule has 0 atom stereocenters.